The molecule has 0 unspecified atom stereocenters. The highest BCUT2D eigenvalue weighted by Crippen LogP contribution is 2.33. The first kappa shape index (κ1) is 28.3. The maximum absolute atomic E-state index is 12.9. The Bertz CT molecular complexity index is 1200. The van der Waals surface area contributed by atoms with E-state index in [1.165, 1.54) is 37.3 Å². The molecule has 0 saturated heterocycles. The van der Waals surface area contributed by atoms with Crippen LogP contribution in [0.1, 0.15) is 25.0 Å². The van der Waals surface area contributed by atoms with Gasteiger partial charge in [0.25, 0.3) is 0 Å². The van der Waals surface area contributed by atoms with E-state index in [-0.39, 0.29) is 0 Å². The van der Waals surface area contributed by atoms with E-state index in [4.69, 9.17) is 14.2 Å². The molecule has 0 saturated carbocycles. The van der Waals surface area contributed by atoms with Crippen molar-refractivity contribution in [2.45, 2.75) is 32.5 Å². The normalized spacial score (nSPS) is 11.9. The third-order valence-electron chi connectivity index (χ3n) is 5.49. The lowest BCUT2D eigenvalue weighted by Gasteiger charge is -2.23. The summed E-state index contributed by atoms with van der Waals surface area (Å²) in [5.74, 6) is 0.00125. The molecule has 1 N–H and O–H groups in total. The molecule has 0 aliphatic carbocycles. The Balaban J connectivity index is 1.65. The zero-order valence-corrected chi connectivity index (χ0v) is 21.8. The quantitative estimate of drug-likeness (QED) is 0.307. The van der Waals surface area contributed by atoms with E-state index in [0.29, 0.717) is 54.2 Å². The average molecular weight is 539 g/mol. The SMILES string of the molecule is COCCN(CCOc1ccc(OC(C)(C)C(=O)O)c(C)c1)c1nc(-c2ccc(C(F)(F)F)cc2)cs1. The summed E-state index contributed by atoms with van der Waals surface area (Å²) in [4.78, 5) is 17.9. The lowest BCUT2D eigenvalue weighted by atomic mass is 10.1. The zero-order valence-electron chi connectivity index (χ0n) is 21.0. The minimum absolute atomic E-state index is 0.333. The Kier molecular flexibility index (Phi) is 9.03. The Morgan fingerprint density at radius 1 is 1.08 bits per heavy atom. The number of alkyl halides is 3. The molecule has 3 aromatic rings. The molecule has 0 amide bonds. The van der Waals surface area contributed by atoms with Gasteiger partial charge in [-0.1, -0.05) is 12.1 Å². The first-order chi connectivity index (χ1) is 17.4. The highest BCUT2D eigenvalue weighted by molar-refractivity contribution is 7.14. The van der Waals surface area contributed by atoms with Crippen molar-refractivity contribution in [3.8, 4) is 22.8 Å². The van der Waals surface area contributed by atoms with E-state index < -0.39 is 23.3 Å². The van der Waals surface area contributed by atoms with Gasteiger partial charge in [-0.25, -0.2) is 9.78 Å². The summed E-state index contributed by atoms with van der Waals surface area (Å²) in [6, 6.07) is 10.1. The van der Waals surface area contributed by atoms with Crippen LogP contribution in [0.5, 0.6) is 11.5 Å². The predicted molar refractivity (Wildman–Crippen MR) is 136 cm³/mol. The number of halogens is 3. The lowest BCUT2D eigenvalue weighted by Crippen LogP contribution is -2.38. The molecule has 200 valence electrons. The number of carbonyl (C=O) groups is 1. The molecular weight excluding hydrogens is 509 g/mol. The number of thiazole rings is 1. The highest BCUT2D eigenvalue weighted by atomic mass is 32.1. The van der Waals surface area contributed by atoms with Gasteiger partial charge in [-0.05, 0) is 56.7 Å². The van der Waals surface area contributed by atoms with Crippen molar-refractivity contribution in [1.29, 1.82) is 0 Å². The molecule has 0 bridgehead atoms. The second-order valence-electron chi connectivity index (χ2n) is 8.76. The van der Waals surface area contributed by atoms with Crippen molar-refractivity contribution in [3.05, 3.63) is 59.0 Å². The number of hydrogen-bond donors (Lipinski definition) is 1. The van der Waals surface area contributed by atoms with E-state index in [1.807, 2.05) is 11.8 Å². The molecule has 0 radical (unpaired) electrons. The first-order valence-electron chi connectivity index (χ1n) is 11.4. The Morgan fingerprint density at radius 3 is 2.35 bits per heavy atom. The van der Waals surface area contributed by atoms with Crippen LogP contribution in [0.3, 0.4) is 0 Å². The monoisotopic (exact) mass is 538 g/mol. The number of hydrogen-bond acceptors (Lipinski definition) is 7. The Labute approximate surface area is 217 Å². The number of anilines is 1. The predicted octanol–water partition coefficient (Wildman–Crippen LogP) is 5.91. The summed E-state index contributed by atoms with van der Waals surface area (Å²) in [5, 5.41) is 11.8. The van der Waals surface area contributed by atoms with Gasteiger partial charge in [-0.3, -0.25) is 0 Å². The molecule has 7 nitrogen and oxygen atoms in total. The minimum atomic E-state index is -4.39. The fraction of sp³-hybridized carbons (Fsp3) is 0.385. The van der Waals surface area contributed by atoms with Crippen LogP contribution in [0.4, 0.5) is 18.3 Å². The second-order valence-corrected chi connectivity index (χ2v) is 9.60. The summed E-state index contributed by atoms with van der Waals surface area (Å²) in [6.45, 7) is 6.61. The van der Waals surface area contributed by atoms with Gasteiger partial charge in [0.05, 0.1) is 24.4 Å². The second kappa shape index (κ2) is 11.8. The van der Waals surface area contributed by atoms with Crippen LogP contribution in [-0.4, -0.2) is 55.1 Å². The van der Waals surface area contributed by atoms with E-state index in [1.54, 1.807) is 30.7 Å². The molecule has 3 rings (SSSR count). The lowest BCUT2D eigenvalue weighted by molar-refractivity contribution is -0.152. The standard InChI is InChI=1S/C26H29F3N2O5S/c1-17-15-20(9-10-22(17)36-25(2,3)23(32)33)35-14-12-31(11-13-34-4)24-30-21(16-37-24)18-5-7-19(8-6-18)26(27,28)29/h5-10,15-16H,11-14H2,1-4H3,(H,32,33). The van der Waals surface area contributed by atoms with Crippen LogP contribution in [-0.2, 0) is 15.7 Å². The van der Waals surface area contributed by atoms with E-state index >= 15 is 0 Å². The van der Waals surface area contributed by atoms with Gasteiger partial charge in [0.2, 0.25) is 0 Å². The number of aliphatic carboxylic acids is 1. The fourth-order valence-corrected chi connectivity index (χ4v) is 4.18. The molecular formula is C26H29F3N2O5S. The maximum atomic E-state index is 12.9. The molecule has 0 atom stereocenters. The summed E-state index contributed by atoms with van der Waals surface area (Å²) in [7, 11) is 1.60. The Hall–Kier alpha value is -3.31. The molecule has 0 fully saturated rings. The largest absolute Gasteiger partial charge is 0.492 e. The molecule has 0 aliphatic rings. The van der Waals surface area contributed by atoms with Crippen molar-refractivity contribution in [2.24, 2.45) is 0 Å². The van der Waals surface area contributed by atoms with Crippen molar-refractivity contribution in [2.75, 3.05) is 38.3 Å². The summed E-state index contributed by atoms with van der Waals surface area (Å²) in [6.07, 6.45) is -4.39. The molecule has 37 heavy (non-hydrogen) atoms. The number of aryl methyl sites for hydroxylation is 1. The Morgan fingerprint density at radius 2 is 1.76 bits per heavy atom. The number of nitrogens with zero attached hydrogens (tertiary/aromatic N) is 2. The number of aromatic nitrogens is 1. The topological polar surface area (TPSA) is 81.1 Å². The molecule has 1 heterocycles. The smallest absolute Gasteiger partial charge is 0.416 e. The fourth-order valence-electron chi connectivity index (χ4n) is 3.30. The van der Waals surface area contributed by atoms with Gasteiger partial charge in [-0.2, -0.15) is 13.2 Å². The average Bonchev–Trinajstić information content (AvgIpc) is 3.32. The van der Waals surface area contributed by atoms with Gasteiger partial charge in [0, 0.05) is 24.6 Å². The number of rotatable bonds is 12. The van der Waals surface area contributed by atoms with Gasteiger partial charge >= 0.3 is 12.1 Å². The minimum Gasteiger partial charge on any atom is -0.492 e. The van der Waals surface area contributed by atoms with Gasteiger partial charge in [0.1, 0.15) is 18.1 Å². The molecule has 1 aromatic heterocycles. The third kappa shape index (κ3) is 7.59. The molecule has 0 aliphatic heterocycles. The summed E-state index contributed by atoms with van der Waals surface area (Å²) >= 11 is 1.39. The molecule has 2 aromatic carbocycles. The maximum Gasteiger partial charge on any atom is 0.416 e. The summed E-state index contributed by atoms with van der Waals surface area (Å²) in [5.41, 5.74) is -0.132. The van der Waals surface area contributed by atoms with E-state index in [9.17, 15) is 23.1 Å². The van der Waals surface area contributed by atoms with Crippen LogP contribution < -0.4 is 14.4 Å². The zero-order chi connectivity index (χ0) is 27.2. The van der Waals surface area contributed by atoms with Crippen molar-refractivity contribution >= 4 is 22.4 Å². The van der Waals surface area contributed by atoms with Crippen molar-refractivity contribution in [1.82, 2.24) is 4.98 Å². The molecule has 11 heteroatoms. The van der Waals surface area contributed by atoms with Gasteiger partial charge in [-0.15, -0.1) is 11.3 Å². The number of ether oxygens (including phenoxy) is 3. The molecule has 0 spiro atoms. The van der Waals surface area contributed by atoms with Crippen LogP contribution >= 0.6 is 11.3 Å². The van der Waals surface area contributed by atoms with Crippen LogP contribution in [0.25, 0.3) is 11.3 Å². The van der Waals surface area contributed by atoms with Crippen LogP contribution in [0, 0.1) is 6.92 Å². The summed E-state index contributed by atoms with van der Waals surface area (Å²) < 4.78 is 55.3. The van der Waals surface area contributed by atoms with Gasteiger partial charge in [0.15, 0.2) is 10.7 Å². The highest BCUT2D eigenvalue weighted by Gasteiger charge is 2.31. The van der Waals surface area contributed by atoms with Crippen LogP contribution in [0.15, 0.2) is 47.8 Å². The third-order valence-corrected chi connectivity index (χ3v) is 6.39. The number of methoxy groups -OCH3 is 1. The van der Waals surface area contributed by atoms with Crippen molar-refractivity contribution < 1.29 is 37.3 Å². The first-order valence-corrected chi connectivity index (χ1v) is 12.3. The van der Waals surface area contributed by atoms with Crippen molar-refractivity contribution in [3.63, 3.8) is 0 Å². The number of carboxylic acids is 1. The van der Waals surface area contributed by atoms with Crippen LogP contribution in [0.2, 0.25) is 0 Å². The number of benzene rings is 2. The van der Waals surface area contributed by atoms with E-state index in [2.05, 4.69) is 4.98 Å². The van der Waals surface area contributed by atoms with Gasteiger partial charge < -0.3 is 24.2 Å². The number of carboxylic acid groups (broad SMARTS) is 1. The van der Waals surface area contributed by atoms with E-state index in [0.717, 1.165) is 17.7 Å².